The zero-order valence-corrected chi connectivity index (χ0v) is 9.72. The van der Waals surface area contributed by atoms with Crippen LogP contribution in [0.1, 0.15) is 13.8 Å². The molecular weight excluding hydrogens is 242 g/mol. The number of rotatable bonds is 0. The monoisotopic (exact) mass is 254 g/mol. The van der Waals surface area contributed by atoms with Gasteiger partial charge in [-0.2, -0.15) is 0 Å². The van der Waals surface area contributed by atoms with Crippen LogP contribution in [-0.4, -0.2) is 23.4 Å². The fourth-order valence-electron chi connectivity index (χ4n) is 0. The summed E-state index contributed by atoms with van der Waals surface area (Å²) in [5.74, 6) is 0. The summed E-state index contributed by atoms with van der Waals surface area (Å²) in [6, 6.07) is 0. The summed E-state index contributed by atoms with van der Waals surface area (Å²) in [6.45, 7) is 3.86. The van der Waals surface area contributed by atoms with E-state index in [4.69, 9.17) is 10.2 Å². The number of hydrogen-bond acceptors (Lipinski definition) is 2. The molecule has 0 aliphatic rings. The Labute approximate surface area is 88.0 Å². The first-order chi connectivity index (χ1) is 2.83. The van der Waals surface area contributed by atoms with Crippen LogP contribution in [0.25, 0.3) is 0 Å². The van der Waals surface area contributed by atoms with Crippen molar-refractivity contribution in [3.63, 3.8) is 0 Å². The van der Waals surface area contributed by atoms with Crippen LogP contribution in [0.3, 0.4) is 0 Å². The molecule has 0 unspecified atom stereocenters. The Morgan fingerprint density at radius 2 is 0.889 bits per heavy atom. The third kappa shape index (κ3) is 267. The first kappa shape index (κ1) is 31.5. The van der Waals surface area contributed by atoms with Crippen molar-refractivity contribution in [2.24, 2.45) is 0 Å². The van der Waals surface area contributed by atoms with Crippen molar-refractivity contribution in [2.45, 2.75) is 13.8 Å². The van der Waals surface area contributed by atoms with E-state index < -0.39 is 0 Å². The molecule has 2 N–H and O–H groups in total. The SMILES string of the molecule is CCO.CCO.Cl.Cl.[Zr]. The van der Waals surface area contributed by atoms with Crippen LogP contribution >= 0.6 is 24.8 Å². The molecule has 0 heterocycles. The van der Waals surface area contributed by atoms with E-state index in [1.165, 1.54) is 0 Å². The molecular formula is C4H14Cl2O2Zr. The predicted molar refractivity (Wildman–Crippen MR) is 40.0 cm³/mol. The first-order valence-electron chi connectivity index (χ1n) is 2.05. The molecule has 60 valence electrons. The van der Waals surface area contributed by atoms with E-state index in [-0.39, 0.29) is 64.2 Å². The van der Waals surface area contributed by atoms with Crippen LogP contribution in [0.5, 0.6) is 0 Å². The quantitative estimate of drug-likeness (QED) is 0.674. The summed E-state index contributed by atoms with van der Waals surface area (Å²) in [4.78, 5) is 0. The molecule has 0 rings (SSSR count). The minimum atomic E-state index is 0. The van der Waals surface area contributed by atoms with Gasteiger partial charge in [0.25, 0.3) is 0 Å². The number of halogens is 2. The molecule has 0 spiro atoms. The van der Waals surface area contributed by atoms with E-state index in [9.17, 15) is 0 Å². The van der Waals surface area contributed by atoms with Gasteiger partial charge in [-0.15, -0.1) is 24.8 Å². The Kier molecular flexibility index (Phi) is 202. The maximum absolute atomic E-state index is 7.57. The van der Waals surface area contributed by atoms with Gasteiger partial charge in [0, 0.05) is 39.4 Å². The van der Waals surface area contributed by atoms with Gasteiger partial charge in [0.15, 0.2) is 0 Å². The van der Waals surface area contributed by atoms with E-state index in [2.05, 4.69) is 0 Å². The first-order valence-corrected chi connectivity index (χ1v) is 2.05. The molecule has 0 saturated carbocycles. The smallest absolute Gasteiger partial charge is 0.0402 e. The van der Waals surface area contributed by atoms with Gasteiger partial charge in [0.2, 0.25) is 0 Å². The Hall–Kier alpha value is 1.38. The fourth-order valence-corrected chi connectivity index (χ4v) is 0. The van der Waals surface area contributed by atoms with Crippen LogP contribution in [0, 0.1) is 0 Å². The second-order valence-electron chi connectivity index (χ2n) is 0.632. The third-order valence-electron chi connectivity index (χ3n) is 0. The molecule has 0 aromatic heterocycles. The maximum atomic E-state index is 7.57. The van der Waals surface area contributed by atoms with Crippen molar-refractivity contribution < 1.29 is 36.4 Å². The standard InChI is InChI=1S/2C2H6O.2ClH.Zr/c2*1-2-3;;;/h2*3H,2H2,1H3;2*1H;. The molecule has 0 fully saturated rings. The number of aliphatic hydroxyl groups excluding tert-OH is 2. The van der Waals surface area contributed by atoms with Crippen molar-refractivity contribution in [3.05, 3.63) is 0 Å². The van der Waals surface area contributed by atoms with Gasteiger partial charge in [0.1, 0.15) is 0 Å². The Balaban J connectivity index is -0.00000000889. The minimum absolute atomic E-state index is 0. The number of aliphatic hydroxyl groups is 2. The topological polar surface area (TPSA) is 40.5 Å². The third-order valence-corrected chi connectivity index (χ3v) is 0. The molecule has 0 saturated heterocycles. The summed E-state index contributed by atoms with van der Waals surface area (Å²) < 4.78 is 0. The van der Waals surface area contributed by atoms with Gasteiger partial charge in [-0.1, -0.05) is 0 Å². The molecule has 0 bridgehead atoms. The molecule has 0 aliphatic carbocycles. The molecule has 0 atom stereocenters. The van der Waals surface area contributed by atoms with Crippen molar-refractivity contribution in [3.8, 4) is 0 Å². The van der Waals surface area contributed by atoms with Gasteiger partial charge in [-0.25, -0.2) is 0 Å². The number of hydrogen-bond donors (Lipinski definition) is 2. The van der Waals surface area contributed by atoms with E-state index in [0.29, 0.717) is 0 Å². The summed E-state index contributed by atoms with van der Waals surface area (Å²) in [7, 11) is 0. The van der Waals surface area contributed by atoms with Crippen molar-refractivity contribution >= 4 is 24.8 Å². The van der Waals surface area contributed by atoms with E-state index in [1.54, 1.807) is 13.8 Å². The molecule has 0 aromatic carbocycles. The van der Waals surface area contributed by atoms with Crippen LogP contribution in [-0.2, 0) is 26.2 Å². The van der Waals surface area contributed by atoms with Gasteiger partial charge in [-0.05, 0) is 13.8 Å². The second-order valence-corrected chi connectivity index (χ2v) is 0.632. The van der Waals surface area contributed by atoms with Crippen LogP contribution in [0.4, 0.5) is 0 Å². The van der Waals surface area contributed by atoms with Gasteiger partial charge < -0.3 is 10.2 Å². The second kappa shape index (κ2) is 57.6. The normalized spacial score (nSPS) is 4.00. The Bertz CT molecular complexity index is 18.5. The summed E-state index contributed by atoms with van der Waals surface area (Å²) in [5, 5.41) is 15.1. The fraction of sp³-hybridized carbons (Fsp3) is 1.00. The molecule has 5 heteroatoms. The van der Waals surface area contributed by atoms with Crippen molar-refractivity contribution in [1.29, 1.82) is 0 Å². The largest absolute Gasteiger partial charge is 0.397 e. The Morgan fingerprint density at radius 1 is 0.889 bits per heavy atom. The Morgan fingerprint density at radius 3 is 0.889 bits per heavy atom. The van der Waals surface area contributed by atoms with Crippen LogP contribution in [0.15, 0.2) is 0 Å². The average Bonchev–Trinajstić information content (AvgIpc) is 1.39. The molecule has 0 radical (unpaired) electrons. The van der Waals surface area contributed by atoms with E-state index in [1.807, 2.05) is 0 Å². The summed E-state index contributed by atoms with van der Waals surface area (Å²) in [5.41, 5.74) is 0. The zero-order chi connectivity index (χ0) is 5.41. The molecule has 0 amide bonds. The summed E-state index contributed by atoms with van der Waals surface area (Å²) >= 11 is 0. The molecule has 0 aliphatic heterocycles. The van der Waals surface area contributed by atoms with Crippen LogP contribution < -0.4 is 0 Å². The van der Waals surface area contributed by atoms with Gasteiger partial charge in [-0.3, -0.25) is 0 Å². The summed E-state index contributed by atoms with van der Waals surface area (Å²) in [6.07, 6.45) is 0. The van der Waals surface area contributed by atoms with Gasteiger partial charge in [0.05, 0.1) is 0 Å². The molecule has 2 nitrogen and oxygen atoms in total. The predicted octanol–water partition coefficient (Wildman–Crippen LogP) is 0.838. The minimum Gasteiger partial charge on any atom is -0.397 e. The van der Waals surface area contributed by atoms with Gasteiger partial charge >= 0.3 is 0 Å². The molecule has 0 aromatic rings. The maximum Gasteiger partial charge on any atom is 0.0402 e. The van der Waals surface area contributed by atoms with Crippen molar-refractivity contribution in [2.75, 3.05) is 13.2 Å². The zero-order valence-electron chi connectivity index (χ0n) is 5.63. The molecule has 9 heavy (non-hydrogen) atoms. The van der Waals surface area contributed by atoms with E-state index >= 15 is 0 Å². The van der Waals surface area contributed by atoms with E-state index in [0.717, 1.165) is 0 Å². The van der Waals surface area contributed by atoms with Crippen LogP contribution in [0.2, 0.25) is 0 Å². The average molecular weight is 256 g/mol. The van der Waals surface area contributed by atoms with Crippen molar-refractivity contribution in [1.82, 2.24) is 0 Å².